The molecule has 146 valence electrons. The van der Waals surface area contributed by atoms with E-state index in [9.17, 15) is 15.3 Å². The lowest BCUT2D eigenvalue weighted by atomic mass is 10.3. The second-order valence-electron chi connectivity index (χ2n) is 5.48. The number of benzene rings is 2. The van der Waals surface area contributed by atoms with E-state index in [1.54, 1.807) is 12.1 Å². The van der Waals surface area contributed by atoms with E-state index in [1.165, 1.54) is 19.2 Å². The van der Waals surface area contributed by atoms with Gasteiger partial charge in [0.1, 0.15) is 24.7 Å². The van der Waals surface area contributed by atoms with Gasteiger partial charge >= 0.3 is 0 Å². The summed E-state index contributed by atoms with van der Waals surface area (Å²) in [5.74, 6) is 0.951. The van der Waals surface area contributed by atoms with Crippen molar-refractivity contribution >= 4 is 0 Å². The van der Waals surface area contributed by atoms with Gasteiger partial charge in [0, 0.05) is 24.3 Å². The normalized spacial score (nSPS) is 12.0. The number of fused-ring (bicyclic) bond motifs is 1. The molecule has 2 aromatic carbocycles. The summed E-state index contributed by atoms with van der Waals surface area (Å²) in [6.45, 7) is 1.25. The number of phenolic OH excluding ortho intramolecular Hbond substituents is 3. The van der Waals surface area contributed by atoms with Crippen molar-refractivity contribution in [2.24, 2.45) is 0 Å². The second kappa shape index (κ2) is 8.45. The summed E-state index contributed by atoms with van der Waals surface area (Å²) < 4.78 is 32.2. The number of hydrogen-bond donors (Lipinski definition) is 3. The first kappa shape index (κ1) is 18.6. The zero-order valence-electron chi connectivity index (χ0n) is 14.6. The van der Waals surface area contributed by atoms with Crippen molar-refractivity contribution in [3.63, 3.8) is 0 Å². The van der Waals surface area contributed by atoms with Crippen LogP contribution in [0.3, 0.4) is 0 Å². The van der Waals surface area contributed by atoms with Crippen molar-refractivity contribution in [2.45, 2.75) is 0 Å². The largest absolute Gasteiger partial charge is 0.504 e. The van der Waals surface area contributed by atoms with Gasteiger partial charge in [0.2, 0.25) is 18.3 Å². The minimum atomic E-state index is -0.587. The van der Waals surface area contributed by atoms with E-state index in [0.717, 1.165) is 0 Å². The minimum Gasteiger partial charge on any atom is -0.504 e. The highest BCUT2D eigenvalue weighted by Crippen LogP contribution is 2.44. The molecule has 0 radical (unpaired) electrons. The average molecular weight is 380 g/mol. The van der Waals surface area contributed by atoms with Crippen LogP contribution >= 0.6 is 0 Å². The molecule has 0 bridgehead atoms. The highest BCUT2D eigenvalue weighted by molar-refractivity contribution is 5.57. The average Bonchev–Trinajstić information content (AvgIpc) is 3.13. The number of phenols is 3. The maximum atomic E-state index is 9.39. The van der Waals surface area contributed by atoms with E-state index in [2.05, 4.69) is 0 Å². The summed E-state index contributed by atoms with van der Waals surface area (Å²) in [6.07, 6.45) is 0. The van der Waals surface area contributed by atoms with Gasteiger partial charge in [0.05, 0.1) is 20.3 Å². The fourth-order valence-corrected chi connectivity index (χ4v) is 2.39. The van der Waals surface area contributed by atoms with Crippen molar-refractivity contribution in [1.82, 2.24) is 0 Å². The molecule has 3 rings (SSSR count). The van der Waals surface area contributed by atoms with Gasteiger partial charge in [-0.3, -0.25) is 0 Å². The van der Waals surface area contributed by atoms with Crippen LogP contribution in [0.1, 0.15) is 0 Å². The Morgan fingerprint density at radius 1 is 0.852 bits per heavy atom. The molecular weight excluding hydrogens is 360 g/mol. The Labute approximate surface area is 155 Å². The molecule has 9 nitrogen and oxygen atoms in total. The molecule has 0 amide bonds. The van der Waals surface area contributed by atoms with Crippen molar-refractivity contribution in [1.29, 1.82) is 0 Å². The van der Waals surface area contributed by atoms with Crippen molar-refractivity contribution in [3.8, 4) is 46.0 Å². The Morgan fingerprint density at radius 3 is 2.11 bits per heavy atom. The molecular formula is C18H20O9. The fraction of sp³-hybridized carbons (Fsp3) is 0.333. The Bertz CT molecular complexity index is 768. The van der Waals surface area contributed by atoms with Gasteiger partial charge in [-0.1, -0.05) is 0 Å². The van der Waals surface area contributed by atoms with E-state index in [4.69, 9.17) is 28.4 Å². The monoisotopic (exact) mass is 380 g/mol. The van der Waals surface area contributed by atoms with Crippen molar-refractivity contribution in [2.75, 3.05) is 40.3 Å². The van der Waals surface area contributed by atoms with Crippen molar-refractivity contribution < 1.29 is 43.7 Å². The maximum absolute atomic E-state index is 9.39. The van der Waals surface area contributed by atoms with Crippen LogP contribution < -0.4 is 23.7 Å². The lowest BCUT2D eigenvalue weighted by Gasteiger charge is -2.11. The number of methoxy groups -OCH3 is 1. The Balaban J connectivity index is 1.37. The number of rotatable bonds is 9. The molecule has 0 aliphatic carbocycles. The molecule has 9 heteroatoms. The Morgan fingerprint density at radius 2 is 1.48 bits per heavy atom. The summed E-state index contributed by atoms with van der Waals surface area (Å²) in [6, 6.07) is 5.83. The van der Waals surface area contributed by atoms with Crippen LogP contribution in [-0.4, -0.2) is 55.6 Å². The first-order chi connectivity index (χ1) is 13.1. The van der Waals surface area contributed by atoms with Crippen LogP contribution in [0.5, 0.6) is 46.0 Å². The zero-order chi connectivity index (χ0) is 19.2. The predicted molar refractivity (Wildman–Crippen MR) is 92.4 cm³/mol. The third-order valence-corrected chi connectivity index (χ3v) is 3.67. The molecule has 0 aromatic heterocycles. The van der Waals surface area contributed by atoms with E-state index >= 15 is 0 Å². The van der Waals surface area contributed by atoms with Gasteiger partial charge in [-0.25, -0.2) is 0 Å². The lowest BCUT2D eigenvalue weighted by Crippen LogP contribution is -2.12. The van der Waals surface area contributed by atoms with E-state index in [0.29, 0.717) is 36.2 Å². The van der Waals surface area contributed by atoms with Gasteiger partial charge in [0.15, 0.2) is 23.0 Å². The van der Waals surface area contributed by atoms with E-state index < -0.39 is 17.2 Å². The van der Waals surface area contributed by atoms with Gasteiger partial charge in [-0.15, -0.1) is 0 Å². The number of aromatic hydroxyl groups is 3. The first-order valence-corrected chi connectivity index (χ1v) is 8.14. The van der Waals surface area contributed by atoms with E-state index in [1.807, 2.05) is 0 Å². The summed E-state index contributed by atoms with van der Waals surface area (Å²) in [5, 5.41) is 28.0. The third-order valence-electron chi connectivity index (χ3n) is 3.67. The van der Waals surface area contributed by atoms with Crippen LogP contribution in [0, 0.1) is 0 Å². The molecule has 0 atom stereocenters. The zero-order valence-corrected chi connectivity index (χ0v) is 14.6. The molecule has 1 aliphatic heterocycles. The standard InChI is InChI=1S/C18H20O9/c1-22-15-8-12(9-16-18(15)27-10-26-16)25-5-3-23-2-4-24-11-6-13(19)17(21)14(20)7-11/h6-9,19-21H,2-5,10H2,1H3. The van der Waals surface area contributed by atoms with Crippen molar-refractivity contribution in [3.05, 3.63) is 24.3 Å². The molecule has 1 aliphatic rings. The summed E-state index contributed by atoms with van der Waals surface area (Å²) in [4.78, 5) is 0. The van der Waals surface area contributed by atoms with Crippen LogP contribution in [0.25, 0.3) is 0 Å². The summed E-state index contributed by atoms with van der Waals surface area (Å²) in [5.41, 5.74) is 0. The van der Waals surface area contributed by atoms with E-state index in [-0.39, 0.29) is 25.8 Å². The van der Waals surface area contributed by atoms with Crippen LogP contribution in [0.15, 0.2) is 24.3 Å². The Hall–Kier alpha value is -3.20. The first-order valence-electron chi connectivity index (χ1n) is 8.14. The SMILES string of the molecule is COc1cc(OCCOCCOc2cc(O)c(O)c(O)c2)cc2c1OCO2. The van der Waals surface area contributed by atoms with Crippen LogP contribution in [0.4, 0.5) is 0 Å². The molecule has 0 saturated heterocycles. The van der Waals surface area contributed by atoms with Gasteiger partial charge in [-0.05, 0) is 0 Å². The molecule has 0 unspecified atom stereocenters. The second-order valence-corrected chi connectivity index (χ2v) is 5.48. The van der Waals surface area contributed by atoms with Gasteiger partial charge in [-0.2, -0.15) is 0 Å². The topological polar surface area (TPSA) is 116 Å². The maximum Gasteiger partial charge on any atom is 0.231 e. The Kier molecular flexibility index (Phi) is 5.82. The molecule has 0 fully saturated rings. The molecule has 1 heterocycles. The van der Waals surface area contributed by atoms with Gasteiger partial charge < -0.3 is 43.7 Å². The van der Waals surface area contributed by atoms with Gasteiger partial charge in [0.25, 0.3) is 0 Å². The smallest absolute Gasteiger partial charge is 0.231 e. The number of ether oxygens (including phenoxy) is 6. The molecule has 27 heavy (non-hydrogen) atoms. The number of hydrogen-bond acceptors (Lipinski definition) is 9. The molecule has 0 saturated carbocycles. The predicted octanol–water partition coefficient (Wildman–Crippen LogP) is 2.02. The summed E-state index contributed by atoms with van der Waals surface area (Å²) >= 11 is 0. The third kappa shape index (κ3) is 4.50. The quantitative estimate of drug-likeness (QED) is 0.444. The minimum absolute atomic E-state index is 0.148. The summed E-state index contributed by atoms with van der Waals surface area (Å²) in [7, 11) is 1.54. The van der Waals surface area contributed by atoms with Crippen LogP contribution in [-0.2, 0) is 4.74 Å². The molecule has 3 N–H and O–H groups in total. The van der Waals surface area contributed by atoms with Crippen LogP contribution in [0.2, 0.25) is 0 Å². The lowest BCUT2D eigenvalue weighted by molar-refractivity contribution is 0.0762. The fourth-order valence-electron chi connectivity index (χ4n) is 2.39. The highest BCUT2D eigenvalue weighted by atomic mass is 16.7. The molecule has 2 aromatic rings. The highest BCUT2D eigenvalue weighted by Gasteiger charge is 2.20. The molecule has 0 spiro atoms.